The highest BCUT2D eigenvalue weighted by Gasteiger charge is 2.23. The quantitative estimate of drug-likeness (QED) is 0.494. The minimum atomic E-state index is -1.30. The summed E-state index contributed by atoms with van der Waals surface area (Å²) in [5.41, 5.74) is 1.35. The van der Waals surface area contributed by atoms with E-state index in [2.05, 4.69) is 15.4 Å². The summed E-state index contributed by atoms with van der Waals surface area (Å²) < 4.78 is 51.1. The van der Waals surface area contributed by atoms with Crippen LogP contribution in [0.1, 0.15) is 5.76 Å². The largest absolute Gasteiger partial charge is 0.416 e. The highest BCUT2D eigenvalue weighted by molar-refractivity contribution is 5.78. The Bertz CT molecular complexity index is 1090. The molecule has 0 bridgehead atoms. The molecule has 0 atom stereocenters. The third kappa shape index (κ3) is 2.65. The molecule has 0 N–H and O–H groups in total. The minimum Gasteiger partial charge on any atom is -0.416 e. The second-order valence-corrected chi connectivity index (χ2v) is 5.49. The van der Waals surface area contributed by atoms with Gasteiger partial charge in [-0.05, 0) is 13.0 Å². The van der Waals surface area contributed by atoms with Gasteiger partial charge in [0.25, 0.3) is 11.8 Å². The summed E-state index contributed by atoms with van der Waals surface area (Å²) in [6.45, 7) is 1.66. The fraction of sp³-hybridized carbons (Fsp3) is 0.0556. The van der Waals surface area contributed by atoms with Gasteiger partial charge in [-0.25, -0.2) is 13.2 Å². The van der Waals surface area contributed by atoms with Crippen molar-refractivity contribution in [3.8, 4) is 34.2 Å². The van der Waals surface area contributed by atoms with Crippen molar-refractivity contribution in [1.29, 1.82) is 0 Å². The van der Waals surface area contributed by atoms with Gasteiger partial charge >= 0.3 is 0 Å². The number of nitrogens with zero attached hydrogens (tertiary/aromatic N) is 3. The van der Waals surface area contributed by atoms with Crippen LogP contribution in [0.4, 0.5) is 13.2 Å². The third-order valence-corrected chi connectivity index (χ3v) is 3.79. The van der Waals surface area contributed by atoms with Crippen LogP contribution in [-0.2, 0) is 0 Å². The molecular weight excluding hydrogens is 347 g/mol. The van der Waals surface area contributed by atoms with E-state index in [9.17, 15) is 13.2 Å². The van der Waals surface area contributed by atoms with Gasteiger partial charge in [0.15, 0.2) is 11.6 Å². The van der Waals surface area contributed by atoms with E-state index in [4.69, 9.17) is 8.94 Å². The molecule has 26 heavy (non-hydrogen) atoms. The first-order valence-electron chi connectivity index (χ1n) is 7.55. The second-order valence-electron chi connectivity index (χ2n) is 5.49. The summed E-state index contributed by atoms with van der Waals surface area (Å²) in [5.74, 6) is -3.36. The lowest BCUT2D eigenvalue weighted by atomic mass is 10.1. The highest BCUT2D eigenvalue weighted by atomic mass is 19.2. The van der Waals surface area contributed by atoms with Crippen LogP contribution in [-0.4, -0.2) is 15.4 Å². The number of rotatable bonds is 3. The van der Waals surface area contributed by atoms with E-state index in [1.54, 1.807) is 6.92 Å². The lowest BCUT2D eigenvalue weighted by molar-refractivity contribution is 0.399. The molecule has 0 aliphatic heterocycles. The zero-order chi connectivity index (χ0) is 18.3. The summed E-state index contributed by atoms with van der Waals surface area (Å²) in [5, 5.41) is 11.6. The molecule has 5 nitrogen and oxygen atoms in total. The molecule has 2 aromatic carbocycles. The van der Waals surface area contributed by atoms with Gasteiger partial charge in [-0.1, -0.05) is 35.5 Å². The smallest absolute Gasteiger partial charge is 0.254 e. The Kier molecular flexibility index (Phi) is 3.80. The summed E-state index contributed by atoms with van der Waals surface area (Å²) in [4.78, 5) is 0. The first kappa shape index (κ1) is 16.1. The van der Waals surface area contributed by atoms with Crippen molar-refractivity contribution in [2.24, 2.45) is 0 Å². The van der Waals surface area contributed by atoms with Gasteiger partial charge < -0.3 is 8.94 Å². The molecule has 130 valence electrons. The van der Waals surface area contributed by atoms with Gasteiger partial charge in [-0.15, -0.1) is 10.2 Å². The third-order valence-electron chi connectivity index (χ3n) is 3.79. The zero-order valence-electron chi connectivity index (χ0n) is 13.3. The molecule has 4 aromatic rings. The molecule has 2 heterocycles. The topological polar surface area (TPSA) is 65.0 Å². The van der Waals surface area contributed by atoms with E-state index in [1.807, 2.05) is 30.3 Å². The Balaban J connectivity index is 1.81. The van der Waals surface area contributed by atoms with Gasteiger partial charge in [-0.3, -0.25) is 0 Å². The summed E-state index contributed by atoms with van der Waals surface area (Å²) >= 11 is 0. The lowest BCUT2D eigenvalue weighted by Gasteiger charge is -2.00. The molecular formula is C18H10F3N3O2. The Hall–Kier alpha value is -3.42. The van der Waals surface area contributed by atoms with Crippen LogP contribution in [0.2, 0.25) is 0 Å². The van der Waals surface area contributed by atoms with E-state index in [0.717, 1.165) is 5.56 Å². The first-order chi connectivity index (χ1) is 12.5. The molecule has 0 fully saturated rings. The molecule has 0 saturated carbocycles. The fourth-order valence-electron chi connectivity index (χ4n) is 2.54. The van der Waals surface area contributed by atoms with Crippen molar-refractivity contribution in [2.45, 2.75) is 6.92 Å². The number of aryl methyl sites for hydroxylation is 1. The molecule has 0 saturated heterocycles. The van der Waals surface area contributed by atoms with Crippen LogP contribution in [0.15, 0.2) is 51.4 Å². The highest BCUT2D eigenvalue weighted by Crippen LogP contribution is 2.35. The average molecular weight is 357 g/mol. The predicted octanol–water partition coefficient (Wildman–Crippen LogP) is 4.78. The monoisotopic (exact) mass is 357 g/mol. The normalized spacial score (nSPS) is 11.1. The molecule has 0 radical (unpaired) electrons. The number of hydrogen-bond acceptors (Lipinski definition) is 5. The van der Waals surface area contributed by atoms with Gasteiger partial charge in [0, 0.05) is 11.6 Å². The average Bonchev–Trinajstić information content (AvgIpc) is 3.25. The maximum absolute atomic E-state index is 13.9. The Morgan fingerprint density at radius 3 is 2.31 bits per heavy atom. The van der Waals surface area contributed by atoms with E-state index in [-0.39, 0.29) is 17.3 Å². The molecule has 8 heteroatoms. The maximum atomic E-state index is 13.9. The van der Waals surface area contributed by atoms with Crippen LogP contribution >= 0.6 is 0 Å². The van der Waals surface area contributed by atoms with Crippen LogP contribution < -0.4 is 0 Å². The van der Waals surface area contributed by atoms with Gasteiger partial charge in [-0.2, -0.15) is 0 Å². The van der Waals surface area contributed by atoms with Crippen LogP contribution in [0.3, 0.4) is 0 Å². The summed E-state index contributed by atoms with van der Waals surface area (Å²) in [7, 11) is 0. The maximum Gasteiger partial charge on any atom is 0.254 e. The van der Waals surface area contributed by atoms with E-state index >= 15 is 0 Å². The SMILES string of the molecule is Cc1onc(-c2ccccc2)c1-c1nnc(-c2cc(F)c(F)cc2F)o1. The Labute approximate surface area is 145 Å². The van der Waals surface area contributed by atoms with Crippen LogP contribution in [0.5, 0.6) is 0 Å². The van der Waals surface area contributed by atoms with Crippen molar-refractivity contribution < 1.29 is 22.1 Å². The van der Waals surface area contributed by atoms with Crippen molar-refractivity contribution in [2.75, 3.05) is 0 Å². The lowest BCUT2D eigenvalue weighted by Crippen LogP contribution is -1.91. The molecule has 4 rings (SSSR count). The fourth-order valence-corrected chi connectivity index (χ4v) is 2.54. The summed E-state index contributed by atoms with van der Waals surface area (Å²) in [6.07, 6.45) is 0. The van der Waals surface area contributed by atoms with Crippen LogP contribution in [0.25, 0.3) is 34.2 Å². The Morgan fingerprint density at radius 2 is 1.54 bits per heavy atom. The van der Waals surface area contributed by atoms with E-state index in [0.29, 0.717) is 29.2 Å². The predicted molar refractivity (Wildman–Crippen MR) is 85.3 cm³/mol. The molecule has 2 aromatic heterocycles. The minimum absolute atomic E-state index is 0.0294. The molecule has 0 aliphatic rings. The first-order valence-corrected chi connectivity index (χ1v) is 7.55. The van der Waals surface area contributed by atoms with Gasteiger partial charge in [0.2, 0.25) is 0 Å². The molecule has 0 aliphatic carbocycles. The standard InChI is InChI=1S/C18H10F3N3O2/c1-9-15(16(24-26-9)10-5-3-2-4-6-10)18-23-22-17(25-18)11-7-13(20)14(21)8-12(11)19/h2-8H,1H3. The second kappa shape index (κ2) is 6.14. The van der Waals surface area contributed by atoms with Crippen molar-refractivity contribution in [3.05, 3.63) is 65.7 Å². The molecule has 0 unspecified atom stereocenters. The van der Waals surface area contributed by atoms with Crippen molar-refractivity contribution in [3.63, 3.8) is 0 Å². The van der Waals surface area contributed by atoms with Gasteiger partial charge in [0.05, 0.1) is 5.56 Å². The molecule has 0 amide bonds. The van der Waals surface area contributed by atoms with Crippen molar-refractivity contribution >= 4 is 0 Å². The van der Waals surface area contributed by atoms with Crippen LogP contribution in [0, 0.1) is 24.4 Å². The Morgan fingerprint density at radius 1 is 0.846 bits per heavy atom. The van der Waals surface area contributed by atoms with E-state index < -0.39 is 17.5 Å². The van der Waals surface area contributed by atoms with E-state index in [1.165, 1.54) is 0 Å². The number of aromatic nitrogens is 3. The number of hydrogen-bond donors (Lipinski definition) is 0. The molecule has 0 spiro atoms. The van der Waals surface area contributed by atoms with Gasteiger partial charge in [0.1, 0.15) is 22.8 Å². The number of halogens is 3. The summed E-state index contributed by atoms with van der Waals surface area (Å²) in [6, 6.07) is 10.3. The van der Waals surface area contributed by atoms with Crippen molar-refractivity contribution in [1.82, 2.24) is 15.4 Å². The zero-order valence-corrected chi connectivity index (χ0v) is 13.3. The number of benzene rings is 2.